The molecule has 1 amide bonds. The number of carbonyl (C=O) groups excluding carboxylic acids is 1. The highest BCUT2D eigenvalue weighted by molar-refractivity contribution is 5.84. The smallest absolute Gasteiger partial charge is 0.248 e. The summed E-state index contributed by atoms with van der Waals surface area (Å²) in [5.74, 6) is -0.0170. The van der Waals surface area contributed by atoms with Crippen molar-refractivity contribution in [1.82, 2.24) is 4.90 Å². The quantitative estimate of drug-likeness (QED) is 0.560. The van der Waals surface area contributed by atoms with Crippen molar-refractivity contribution in [3.8, 4) is 0 Å². The fraction of sp³-hybridized carbons (Fsp3) is 0.800. The van der Waals surface area contributed by atoms with Crippen LogP contribution in [-0.4, -0.2) is 48.5 Å². The van der Waals surface area contributed by atoms with E-state index in [2.05, 4.69) is 5.16 Å². The van der Waals surface area contributed by atoms with Crippen LogP contribution >= 0.6 is 0 Å². The Morgan fingerprint density at radius 3 is 2.60 bits per heavy atom. The van der Waals surface area contributed by atoms with E-state index in [1.807, 2.05) is 0 Å². The van der Waals surface area contributed by atoms with E-state index in [0.717, 1.165) is 31.4 Å². The summed E-state index contributed by atoms with van der Waals surface area (Å²) in [6, 6.07) is 0. The molecule has 1 N–H and O–H groups in total. The standard InChI is InChI=1S/C10H18N2O3/c1-12(2)10(13)7-15-9-5-3-8(11-14)4-6-9/h9,14H,3-7H2,1-2H3. The average molecular weight is 214 g/mol. The van der Waals surface area contributed by atoms with Crippen LogP contribution in [0, 0.1) is 0 Å². The van der Waals surface area contributed by atoms with Gasteiger partial charge in [0.2, 0.25) is 5.91 Å². The minimum absolute atomic E-state index is 0.0170. The van der Waals surface area contributed by atoms with Crippen molar-refractivity contribution in [2.24, 2.45) is 5.16 Å². The summed E-state index contributed by atoms with van der Waals surface area (Å²) in [5.41, 5.74) is 0.828. The second-order valence-electron chi connectivity index (χ2n) is 3.96. The van der Waals surface area contributed by atoms with Gasteiger partial charge in [-0.2, -0.15) is 0 Å². The first-order valence-electron chi connectivity index (χ1n) is 5.15. The topological polar surface area (TPSA) is 62.1 Å². The molecule has 5 heteroatoms. The molecule has 1 rings (SSSR count). The molecule has 1 aliphatic rings. The van der Waals surface area contributed by atoms with Gasteiger partial charge < -0.3 is 14.8 Å². The molecule has 0 atom stereocenters. The molecule has 1 fully saturated rings. The van der Waals surface area contributed by atoms with Crippen molar-refractivity contribution in [1.29, 1.82) is 0 Å². The summed E-state index contributed by atoms with van der Waals surface area (Å²) in [6.45, 7) is 0.142. The van der Waals surface area contributed by atoms with Gasteiger partial charge in [0.1, 0.15) is 6.61 Å². The van der Waals surface area contributed by atoms with Gasteiger partial charge >= 0.3 is 0 Å². The van der Waals surface area contributed by atoms with Crippen molar-refractivity contribution in [2.75, 3.05) is 20.7 Å². The normalized spacial score (nSPS) is 21.2. The molecule has 0 aromatic carbocycles. The van der Waals surface area contributed by atoms with E-state index < -0.39 is 0 Å². The maximum absolute atomic E-state index is 11.2. The second kappa shape index (κ2) is 5.70. The Hall–Kier alpha value is -1.10. The molecule has 86 valence electrons. The zero-order chi connectivity index (χ0) is 11.3. The Morgan fingerprint density at radius 2 is 2.13 bits per heavy atom. The maximum atomic E-state index is 11.2. The van der Waals surface area contributed by atoms with E-state index in [9.17, 15) is 4.79 Å². The molecular weight excluding hydrogens is 196 g/mol. The van der Waals surface area contributed by atoms with Crippen LogP contribution in [0.25, 0.3) is 0 Å². The molecule has 0 heterocycles. The molecule has 0 spiro atoms. The molecule has 1 aliphatic carbocycles. The van der Waals surface area contributed by atoms with Gasteiger partial charge in [-0.15, -0.1) is 0 Å². The Morgan fingerprint density at radius 1 is 1.53 bits per heavy atom. The number of rotatable bonds is 3. The fourth-order valence-corrected chi connectivity index (χ4v) is 1.51. The fourth-order valence-electron chi connectivity index (χ4n) is 1.51. The van der Waals surface area contributed by atoms with Gasteiger partial charge in [-0.3, -0.25) is 4.79 Å². The van der Waals surface area contributed by atoms with Crippen LogP contribution < -0.4 is 0 Å². The van der Waals surface area contributed by atoms with E-state index >= 15 is 0 Å². The molecule has 1 saturated carbocycles. The van der Waals surface area contributed by atoms with Gasteiger partial charge in [0.05, 0.1) is 11.8 Å². The summed E-state index contributed by atoms with van der Waals surface area (Å²) >= 11 is 0. The Bertz CT molecular complexity index is 241. The van der Waals surface area contributed by atoms with Gasteiger partial charge in [0, 0.05) is 14.1 Å². The van der Waals surface area contributed by atoms with Gasteiger partial charge in [0.25, 0.3) is 0 Å². The summed E-state index contributed by atoms with van der Waals surface area (Å²) in [4.78, 5) is 12.8. The zero-order valence-corrected chi connectivity index (χ0v) is 9.27. The van der Waals surface area contributed by atoms with E-state index in [-0.39, 0.29) is 18.6 Å². The lowest BCUT2D eigenvalue weighted by Gasteiger charge is -2.23. The average Bonchev–Trinajstić information content (AvgIpc) is 2.26. The molecule has 0 bridgehead atoms. The third kappa shape index (κ3) is 3.87. The Balaban J connectivity index is 2.22. The Kier molecular flexibility index (Phi) is 4.55. The number of carbonyl (C=O) groups is 1. The maximum Gasteiger partial charge on any atom is 0.248 e. The lowest BCUT2D eigenvalue weighted by molar-refractivity contribution is -0.135. The lowest BCUT2D eigenvalue weighted by Crippen LogP contribution is -2.30. The number of likely N-dealkylation sites (N-methyl/N-ethyl adjacent to an activating group) is 1. The summed E-state index contributed by atoms with van der Waals surface area (Å²) in [5, 5.41) is 11.7. The number of oxime groups is 1. The van der Waals surface area contributed by atoms with Gasteiger partial charge in [-0.25, -0.2) is 0 Å². The molecular formula is C10H18N2O3. The molecule has 0 aromatic heterocycles. The van der Waals surface area contributed by atoms with Crippen molar-refractivity contribution < 1.29 is 14.7 Å². The van der Waals surface area contributed by atoms with Crippen molar-refractivity contribution in [3.63, 3.8) is 0 Å². The molecule has 0 aromatic rings. The second-order valence-corrected chi connectivity index (χ2v) is 3.96. The zero-order valence-electron chi connectivity index (χ0n) is 9.27. The largest absolute Gasteiger partial charge is 0.411 e. The Labute approximate surface area is 89.7 Å². The van der Waals surface area contributed by atoms with E-state index in [1.54, 1.807) is 14.1 Å². The number of ether oxygens (including phenoxy) is 1. The molecule has 0 unspecified atom stereocenters. The monoisotopic (exact) mass is 214 g/mol. The summed E-state index contributed by atoms with van der Waals surface area (Å²) in [6.07, 6.45) is 3.31. The lowest BCUT2D eigenvalue weighted by atomic mass is 9.96. The van der Waals surface area contributed by atoms with Crippen LogP contribution in [0.3, 0.4) is 0 Å². The summed E-state index contributed by atoms with van der Waals surface area (Å²) < 4.78 is 5.47. The number of hydrogen-bond donors (Lipinski definition) is 1. The number of nitrogens with zero attached hydrogens (tertiary/aromatic N) is 2. The predicted molar refractivity (Wildman–Crippen MR) is 56.1 cm³/mol. The van der Waals surface area contributed by atoms with Crippen molar-refractivity contribution >= 4 is 11.6 Å². The van der Waals surface area contributed by atoms with Crippen molar-refractivity contribution in [2.45, 2.75) is 31.8 Å². The third-order valence-electron chi connectivity index (χ3n) is 2.59. The van der Waals surface area contributed by atoms with Crippen LogP contribution in [0.2, 0.25) is 0 Å². The highest BCUT2D eigenvalue weighted by Gasteiger charge is 2.19. The SMILES string of the molecule is CN(C)C(=O)COC1CCC(=NO)CC1. The predicted octanol–water partition coefficient (Wildman–Crippen LogP) is 0.864. The third-order valence-corrected chi connectivity index (χ3v) is 2.59. The first-order chi connectivity index (χ1) is 7.13. The van der Waals surface area contributed by atoms with Crippen LogP contribution in [0.4, 0.5) is 0 Å². The van der Waals surface area contributed by atoms with Gasteiger partial charge in [0.15, 0.2) is 0 Å². The molecule has 0 aliphatic heterocycles. The summed E-state index contributed by atoms with van der Waals surface area (Å²) in [7, 11) is 3.42. The van der Waals surface area contributed by atoms with E-state index in [1.165, 1.54) is 4.90 Å². The van der Waals surface area contributed by atoms with Crippen LogP contribution in [0.15, 0.2) is 5.16 Å². The van der Waals surface area contributed by atoms with Crippen LogP contribution in [0.1, 0.15) is 25.7 Å². The van der Waals surface area contributed by atoms with Crippen LogP contribution in [-0.2, 0) is 9.53 Å². The van der Waals surface area contributed by atoms with Gasteiger partial charge in [-0.05, 0) is 25.7 Å². The minimum atomic E-state index is -0.0170. The number of hydrogen-bond acceptors (Lipinski definition) is 4. The van der Waals surface area contributed by atoms with E-state index in [0.29, 0.717) is 0 Å². The first kappa shape index (κ1) is 12.0. The van der Waals surface area contributed by atoms with E-state index in [4.69, 9.17) is 9.94 Å². The van der Waals surface area contributed by atoms with Crippen LogP contribution in [0.5, 0.6) is 0 Å². The molecule has 0 saturated heterocycles. The highest BCUT2D eigenvalue weighted by atomic mass is 16.5. The first-order valence-corrected chi connectivity index (χ1v) is 5.15. The van der Waals surface area contributed by atoms with Gasteiger partial charge in [-0.1, -0.05) is 5.16 Å². The molecule has 5 nitrogen and oxygen atoms in total. The molecule has 15 heavy (non-hydrogen) atoms. The number of amides is 1. The van der Waals surface area contributed by atoms with Crippen molar-refractivity contribution in [3.05, 3.63) is 0 Å². The highest BCUT2D eigenvalue weighted by Crippen LogP contribution is 2.18. The molecule has 0 radical (unpaired) electrons. The minimum Gasteiger partial charge on any atom is -0.411 e.